The quantitative estimate of drug-likeness (QED) is 0.548. The van der Waals surface area contributed by atoms with E-state index in [1.165, 1.54) is 51.4 Å². The molecule has 0 heteroatoms. The van der Waals surface area contributed by atoms with Gasteiger partial charge in [-0.3, -0.25) is 0 Å². The van der Waals surface area contributed by atoms with Gasteiger partial charge in [0, 0.05) is 0 Å². The molecule has 0 atom stereocenters. The molecule has 71 valence electrons. The molecule has 0 N–H and O–H groups in total. The summed E-state index contributed by atoms with van der Waals surface area (Å²) in [7, 11) is 0. The fourth-order valence-electron chi connectivity index (χ4n) is 1.97. The van der Waals surface area contributed by atoms with Crippen molar-refractivity contribution in [2.45, 2.75) is 65.2 Å². The van der Waals surface area contributed by atoms with Crippen molar-refractivity contribution in [3.8, 4) is 0 Å². The van der Waals surface area contributed by atoms with E-state index in [1.54, 1.807) is 0 Å². The molecule has 0 aliphatic heterocycles. The maximum Gasteiger partial charge on any atom is -0.0241 e. The molecule has 0 unspecified atom stereocenters. The van der Waals surface area contributed by atoms with Crippen molar-refractivity contribution < 1.29 is 0 Å². The summed E-state index contributed by atoms with van der Waals surface area (Å²) in [6.45, 7) is 4.66. The van der Waals surface area contributed by atoms with Crippen molar-refractivity contribution in [2.75, 3.05) is 0 Å². The third kappa shape index (κ3) is 4.13. The minimum atomic E-state index is 0.890. The lowest BCUT2D eigenvalue weighted by molar-refractivity contribution is 0.530. The molecule has 0 nitrogen and oxygen atoms in total. The third-order valence-electron chi connectivity index (χ3n) is 2.89. The van der Waals surface area contributed by atoms with Crippen LogP contribution in [0, 0.1) is 11.8 Å². The molecule has 1 rings (SSSR count). The summed E-state index contributed by atoms with van der Waals surface area (Å²) in [5, 5.41) is 0. The van der Waals surface area contributed by atoms with Crippen LogP contribution < -0.4 is 0 Å². The SMILES string of the molecule is CC(C)CC[C]1CCCCCC1. The van der Waals surface area contributed by atoms with Gasteiger partial charge in [-0.25, -0.2) is 0 Å². The summed E-state index contributed by atoms with van der Waals surface area (Å²) in [4.78, 5) is 0. The van der Waals surface area contributed by atoms with Crippen LogP contribution in [0.3, 0.4) is 0 Å². The average Bonchev–Trinajstić information content (AvgIpc) is 2.28. The molecular formula is C12H23. The highest BCUT2D eigenvalue weighted by Gasteiger charge is 2.12. The summed E-state index contributed by atoms with van der Waals surface area (Å²) in [6, 6.07) is 0. The van der Waals surface area contributed by atoms with Gasteiger partial charge in [-0.05, 0) is 31.1 Å². The van der Waals surface area contributed by atoms with Gasteiger partial charge in [-0.15, -0.1) is 0 Å². The molecule has 1 saturated carbocycles. The first-order chi connectivity index (χ1) is 5.79. The van der Waals surface area contributed by atoms with Crippen LogP contribution in [0.15, 0.2) is 0 Å². The molecular weight excluding hydrogens is 144 g/mol. The van der Waals surface area contributed by atoms with Crippen LogP contribution in [0.4, 0.5) is 0 Å². The Morgan fingerprint density at radius 3 is 2.08 bits per heavy atom. The highest BCUT2D eigenvalue weighted by molar-refractivity contribution is 4.90. The number of rotatable bonds is 3. The van der Waals surface area contributed by atoms with Crippen LogP contribution in [-0.2, 0) is 0 Å². The van der Waals surface area contributed by atoms with Crippen LogP contribution in [0.1, 0.15) is 65.2 Å². The molecule has 12 heavy (non-hydrogen) atoms. The monoisotopic (exact) mass is 167 g/mol. The van der Waals surface area contributed by atoms with Gasteiger partial charge in [0.15, 0.2) is 0 Å². The van der Waals surface area contributed by atoms with Crippen LogP contribution >= 0.6 is 0 Å². The molecule has 0 aromatic rings. The predicted molar refractivity (Wildman–Crippen MR) is 55.0 cm³/mol. The summed E-state index contributed by atoms with van der Waals surface area (Å²) in [5.74, 6) is 2.75. The Hall–Kier alpha value is 0. The first-order valence-electron chi connectivity index (χ1n) is 5.62. The van der Waals surface area contributed by atoms with Crippen molar-refractivity contribution in [1.29, 1.82) is 0 Å². The molecule has 0 aromatic heterocycles. The van der Waals surface area contributed by atoms with E-state index in [4.69, 9.17) is 0 Å². The topological polar surface area (TPSA) is 0 Å². The maximum atomic E-state index is 2.33. The van der Waals surface area contributed by atoms with Crippen LogP contribution in [0.5, 0.6) is 0 Å². The largest absolute Gasteiger partial charge is 0.0628 e. The summed E-state index contributed by atoms with van der Waals surface area (Å²) in [5.41, 5.74) is 0. The van der Waals surface area contributed by atoms with Gasteiger partial charge in [0.25, 0.3) is 0 Å². The first-order valence-corrected chi connectivity index (χ1v) is 5.62. The van der Waals surface area contributed by atoms with Gasteiger partial charge < -0.3 is 0 Å². The zero-order chi connectivity index (χ0) is 8.81. The Kier molecular flexibility index (Phi) is 4.72. The lowest BCUT2D eigenvalue weighted by atomic mass is 9.92. The lowest BCUT2D eigenvalue weighted by Crippen LogP contribution is -1.98. The molecule has 1 fully saturated rings. The smallest absolute Gasteiger partial charge is 0.0241 e. The minimum Gasteiger partial charge on any atom is -0.0628 e. The van der Waals surface area contributed by atoms with Crippen molar-refractivity contribution in [1.82, 2.24) is 0 Å². The highest BCUT2D eigenvalue weighted by Crippen LogP contribution is 2.29. The van der Waals surface area contributed by atoms with Crippen LogP contribution in [0.25, 0.3) is 0 Å². The second kappa shape index (κ2) is 5.61. The Labute approximate surface area is 77.7 Å². The second-order valence-corrected chi connectivity index (χ2v) is 4.60. The van der Waals surface area contributed by atoms with Crippen molar-refractivity contribution in [3.63, 3.8) is 0 Å². The highest BCUT2D eigenvalue weighted by atomic mass is 14.2. The summed E-state index contributed by atoms with van der Waals surface area (Å²) >= 11 is 0. The van der Waals surface area contributed by atoms with E-state index in [0.717, 1.165) is 5.92 Å². The summed E-state index contributed by atoms with van der Waals surface area (Å²) in [6.07, 6.45) is 11.6. The standard InChI is InChI=1S/C12H23/c1-11(2)9-10-12-7-5-3-4-6-8-12/h11H,3-10H2,1-2H3. The Bertz CT molecular complexity index is 96.6. The molecule has 0 heterocycles. The molecule has 1 aliphatic carbocycles. The predicted octanol–water partition coefficient (Wildman–Crippen LogP) is 4.35. The van der Waals surface area contributed by atoms with E-state index >= 15 is 0 Å². The zero-order valence-corrected chi connectivity index (χ0v) is 8.73. The average molecular weight is 167 g/mol. The fourth-order valence-corrected chi connectivity index (χ4v) is 1.97. The van der Waals surface area contributed by atoms with E-state index in [2.05, 4.69) is 13.8 Å². The van der Waals surface area contributed by atoms with Gasteiger partial charge in [-0.2, -0.15) is 0 Å². The minimum absolute atomic E-state index is 0.890. The van der Waals surface area contributed by atoms with E-state index in [-0.39, 0.29) is 0 Å². The van der Waals surface area contributed by atoms with E-state index in [0.29, 0.717) is 0 Å². The van der Waals surface area contributed by atoms with Crippen molar-refractivity contribution >= 4 is 0 Å². The van der Waals surface area contributed by atoms with Crippen LogP contribution in [-0.4, -0.2) is 0 Å². The lowest BCUT2D eigenvalue weighted by Gasteiger charge is -2.14. The normalized spacial score (nSPS) is 21.2. The third-order valence-corrected chi connectivity index (χ3v) is 2.89. The van der Waals surface area contributed by atoms with Gasteiger partial charge >= 0.3 is 0 Å². The zero-order valence-electron chi connectivity index (χ0n) is 8.73. The Balaban J connectivity index is 2.12. The molecule has 0 amide bonds. The first kappa shape index (κ1) is 10.1. The molecule has 0 aromatic carbocycles. The Morgan fingerprint density at radius 1 is 1.00 bits per heavy atom. The maximum absolute atomic E-state index is 2.33. The van der Waals surface area contributed by atoms with Crippen molar-refractivity contribution in [3.05, 3.63) is 5.92 Å². The van der Waals surface area contributed by atoms with Gasteiger partial charge in [0.1, 0.15) is 0 Å². The van der Waals surface area contributed by atoms with E-state index in [9.17, 15) is 0 Å². The molecule has 0 saturated heterocycles. The van der Waals surface area contributed by atoms with Gasteiger partial charge in [0.2, 0.25) is 0 Å². The molecule has 0 spiro atoms. The number of hydrogen-bond acceptors (Lipinski definition) is 0. The van der Waals surface area contributed by atoms with E-state index in [1.807, 2.05) is 5.92 Å². The van der Waals surface area contributed by atoms with Crippen molar-refractivity contribution in [2.24, 2.45) is 5.92 Å². The second-order valence-electron chi connectivity index (χ2n) is 4.60. The number of hydrogen-bond donors (Lipinski definition) is 0. The summed E-state index contributed by atoms with van der Waals surface area (Å²) < 4.78 is 0. The molecule has 0 bridgehead atoms. The fraction of sp³-hybridized carbons (Fsp3) is 0.917. The van der Waals surface area contributed by atoms with E-state index < -0.39 is 0 Å². The van der Waals surface area contributed by atoms with Gasteiger partial charge in [0.05, 0.1) is 0 Å². The Morgan fingerprint density at radius 2 is 1.58 bits per heavy atom. The van der Waals surface area contributed by atoms with Gasteiger partial charge in [-0.1, -0.05) is 46.0 Å². The van der Waals surface area contributed by atoms with Crippen LogP contribution in [0.2, 0.25) is 0 Å². The molecule has 1 radical (unpaired) electrons. The molecule has 1 aliphatic rings.